The fraction of sp³-hybridized carbons (Fsp3) is 0.647. The average Bonchev–Trinajstić information content (AvgIpc) is 2.48. The van der Waals surface area contributed by atoms with E-state index in [4.69, 9.17) is 4.74 Å². The van der Waals surface area contributed by atoms with E-state index in [9.17, 15) is 4.39 Å². The molecule has 2 aliphatic rings. The Morgan fingerprint density at radius 3 is 2.95 bits per heavy atom. The van der Waals surface area contributed by atoms with E-state index < -0.39 is 0 Å². The van der Waals surface area contributed by atoms with Gasteiger partial charge < -0.3 is 10.1 Å². The summed E-state index contributed by atoms with van der Waals surface area (Å²) in [5.41, 5.74) is 1.12. The van der Waals surface area contributed by atoms with Gasteiger partial charge in [0.15, 0.2) is 0 Å². The molecule has 2 fully saturated rings. The molecule has 21 heavy (non-hydrogen) atoms. The summed E-state index contributed by atoms with van der Waals surface area (Å²) in [5, 5.41) is 3.68. The van der Waals surface area contributed by atoms with E-state index in [1.807, 2.05) is 17.8 Å². The van der Waals surface area contributed by atoms with Crippen LogP contribution >= 0.6 is 11.8 Å². The maximum absolute atomic E-state index is 13.3. The Balaban J connectivity index is 1.61. The number of halogens is 1. The standard InChI is InChI=1S/C17H24FNOS/c1-13(14-3-2-4-15(18)11-14)19-16-5-8-20-17(12-16)6-9-21-10-7-17/h2-4,11,13,16,19H,5-10,12H2,1H3. The van der Waals surface area contributed by atoms with E-state index in [1.165, 1.54) is 30.4 Å². The molecule has 1 aromatic carbocycles. The van der Waals surface area contributed by atoms with Gasteiger partial charge in [-0.1, -0.05) is 12.1 Å². The first-order valence-corrected chi connectivity index (χ1v) is 9.06. The minimum absolute atomic E-state index is 0.100. The summed E-state index contributed by atoms with van der Waals surface area (Å²) in [6, 6.07) is 7.56. The monoisotopic (exact) mass is 309 g/mol. The molecule has 2 aliphatic heterocycles. The Morgan fingerprint density at radius 1 is 1.38 bits per heavy atom. The predicted molar refractivity (Wildman–Crippen MR) is 86.2 cm³/mol. The average molecular weight is 309 g/mol. The summed E-state index contributed by atoms with van der Waals surface area (Å²) >= 11 is 2.03. The lowest BCUT2D eigenvalue weighted by atomic mass is 9.85. The van der Waals surface area contributed by atoms with Crippen LogP contribution in [0, 0.1) is 5.82 Å². The molecule has 2 unspecified atom stereocenters. The van der Waals surface area contributed by atoms with E-state index >= 15 is 0 Å². The molecule has 116 valence electrons. The zero-order valence-corrected chi connectivity index (χ0v) is 13.4. The van der Waals surface area contributed by atoms with E-state index in [2.05, 4.69) is 12.2 Å². The second kappa shape index (κ2) is 6.67. The topological polar surface area (TPSA) is 21.3 Å². The summed E-state index contributed by atoms with van der Waals surface area (Å²) in [4.78, 5) is 0. The summed E-state index contributed by atoms with van der Waals surface area (Å²) in [5.74, 6) is 2.27. The van der Waals surface area contributed by atoms with Crippen molar-refractivity contribution in [2.75, 3.05) is 18.1 Å². The molecule has 4 heteroatoms. The van der Waals surface area contributed by atoms with Gasteiger partial charge >= 0.3 is 0 Å². The van der Waals surface area contributed by atoms with Gasteiger partial charge in [-0.2, -0.15) is 11.8 Å². The van der Waals surface area contributed by atoms with Crippen LogP contribution in [0.4, 0.5) is 4.39 Å². The molecule has 3 rings (SSSR count). The number of hydrogen-bond acceptors (Lipinski definition) is 3. The molecule has 0 bridgehead atoms. The van der Waals surface area contributed by atoms with Crippen molar-refractivity contribution >= 4 is 11.8 Å². The quantitative estimate of drug-likeness (QED) is 0.914. The molecule has 1 N–H and O–H groups in total. The summed E-state index contributed by atoms with van der Waals surface area (Å²) in [6.45, 7) is 2.96. The van der Waals surface area contributed by atoms with Gasteiger partial charge in [0.05, 0.1) is 5.60 Å². The van der Waals surface area contributed by atoms with Gasteiger partial charge in [-0.25, -0.2) is 4.39 Å². The third kappa shape index (κ3) is 3.79. The number of thioether (sulfide) groups is 1. The van der Waals surface area contributed by atoms with Crippen molar-refractivity contribution in [3.8, 4) is 0 Å². The number of hydrogen-bond donors (Lipinski definition) is 1. The van der Waals surface area contributed by atoms with Gasteiger partial charge in [-0.3, -0.25) is 0 Å². The first-order valence-electron chi connectivity index (χ1n) is 7.90. The second-order valence-corrected chi connectivity index (χ2v) is 7.50. The highest BCUT2D eigenvalue weighted by Gasteiger charge is 2.38. The fourth-order valence-electron chi connectivity index (χ4n) is 3.49. The van der Waals surface area contributed by atoms with Crippen LogP contribution in [-0.4, -0.2) is 29.8 Å². The van der Waals surface area contributed by atoms with Crippen molar-refractivity contribution in [2.24, 2.45) is 0 Å². The minimum atomic E-state index is -0.158. The molecule has 2 atom stereocenters. The maximum Gasteiger partial charge on any atom is 0.123 e. The van der Waals surface area contributed by atoms with E-state index in [-0.39, 0.29) is 17.5 Å². The van der Waals surface area contributed by atoms with Crippen LogP contribution in [0.1, 0.15) is 44.2 Å². The summed E-state index contributed by atoms with van der Waals surface area (Å²) in [6.07, 6.45) is 4.48. The Hall–Kier alpha value is -0.580. The van der Waals surface area contributed by atoms with E-state index in [0.29, 0.717) is 6.04 Å². The second-order valence-electron chi connectivity index (χ2n) is 6.28. The molecule has 0 aliphatic carbocycles. The van der Waals surface area contributed by atoms with Gasteiger partial charge in [0.25, 0.3) is 0 Å². The molecule has 2 saturated heterocycles. The maximum atomic E-state index is 13.3. The lowest BCUT2D eigenvalue weighted by Gasteiger charge is -2.44. The van der Waals surface area contributed by atoms with Crippen LogP contribution in [0.15, 0.2) is 24.3 Å². The molecular weight excluding hydrogens is 285 g/mol. The molecular formula is C17H24FNOS. The van der Waals surface area contributed by atoms with Crippen LogP contribution < -0.4 is 5.32 Å². The first kappa shape index (κ1) is 15.3. The zero-order valence-electron chi connectivity index (χ0n) is 12.6. The van der Waals surface area contributed by atoms with E-state index in [0.717, 1.165) is 25.0 Å². The Kier molecular flexibility index (Phi) is 4.87. The molecule has 0 aromatic heterocycles. The molecule has 1 aromatic rings. The van der Waals surface area contributed by atoms with Crippen molar-refractivity contribution < 1.29 is 9.13 Å². The molecule has 0 amide bonds. The van der Waals surface area contributed by atoms with Crippen LogP contribution in [0.3, 0.4) is 0 Å². The molecule has 0 saturated carbocycles. The molecule has 2 nitrogen and oxygen atoms in total. The molecule has 0 radical (unpaired) electrons. The number of ether oxygens (including phenoxy) is 1. The third-order valence-electron chi connectivity index (χ3n) is 4.73. The van der Waals surface area contributed by atoms with Crippen LogP contribution in [0.5, 0.6) is 0 Å². The highest BCUT2D eigenvalue weighted by Crippen LogP contribution is 2.38. The van der Waals surface area contributed by atoms with Crippen molar-refractivity contribution in [1.82, 2.24) is 5.32 Å². The first-order chi connectivity index (χ1) is 10.2. The largest absolute Gasteiger partial charge is 0.375 e. The number of rotatable bonds is 3. The van der Waals surface area contributed by atoms with Gasteiger partial charge in [0, 0.05) is 18.7 Å². The van der Waals surface area contributed by atoms with Gasteiger partial charge in [0.1, 0.15) is 5.82 Å². The van der Waals surface area contributed by atoms with E-state index in [1.54, 1.807) is 12.1 Å². The van der Waals surface area contributed by atoms with Crippen LogP contribution in [0.25, 0.3) is 0 Å². The number of benzene rings is 1. The molecule has 2 heterocycles. The lowest BCUT2D eigenvalue weighted by Crippen LogP contribution is -2.49. The minimum Gasteiger partial charge on any atom is -0.375 e. The summed E-state index contributed by atoms with van der Waals surface area (Å²) in [7, 11) is 0. The van der Waals surface area contributed by atoms with Gasteiger partial charge in [0.2, 0.25) is 0 Å². The zero-order chi connectivity index (χ0) is 14.7. The normalized spacial score (nSPS) is 26.7. The summed E-state index contributed by atoms with van der Waals surface area (Å²) < 4.78 is 19.5. The SMILES string of the molecule is CC(NC1CCOC2(CCSCC2)C1)c1cccc(F)c1. The Labute approximate surface area is 130 Å². The lowest BCUT2D eigenvalue weighted by molar-refractivity contribution is -0.0940. The van der Waals surface area contributed by atoms with Gasteiger partial charge in [-0.05, 0) is 61.8 Å². The van der Waals surface area contributed by atoms with Crippen molar-refractivity contribution in [3.63, 3.8) is 0 Å². The van der Waals surface area contributed by atoms with Crippen molar-refractivity contribution in [2.45, 2.75) is 50.3 Å². The third-order valence-corrected chi connectivity index (χ3v) is 5.72. The number of nitrogens with one attached hydrogen (secondary N) is 1. The Bertz CT molecular complexity index is 470. The highest BCUT2D eigenvalue weighted by atomic mass is 32.2. The van der Waals surface area contributed by atoms with Crippen molar-refractivity contribution in [1.29, 1.82) is 0 Å². The van der Waals surface area contributed by atoms with Crippen molar-refractivity contribution in [3.05, 3.63) is 35.6 Å². The smallest absolute Gasteiger partial charge is 0.123 e. The predicted octanol–water partition coefficient (Wildman–Crippen LogP) is 3.92. The fourth-order valence-corrected chi connectivity index (χ4v) is 4.72. The van der Waals surface area contributed by atoms with Crippen LogP contribution in [0.2, 0.25) is 0 Å². The van der Waals surface area contributed by atoms with Gasteiger partial charge in [-0.15, -0.1) is 0 Å². The van der Waals surface area contributed by atoms with Crippen LogP contribution in [-0.2, 0) is 4.74 Å². The Morgan fingerprint density at radius 2 is 2.19 bits per heavy atom. The highest BCUT2D eigenvalue weighted by molar-refractivity contribution is 7.99. The molecule has 1 spiro atoms.